The lowest BCUT2D eigenvalue weighted by Gasteiger charge is -2.55. The van der Waals surface area contributed by atoms with E-state index in [0.717, 1.165) is 37.0 Å². The van der Waals surface area contributed by atoms with Gasteiger partial charge in [-0.25, -0.2) is 0 Å². The van der Waals surface area contributed by atoms with Gasteiger partial charge in [0.2, 0.25) is 17.7 Å². The van der Waals surface area contributed by atoms with Crippen LogP contribution < -0.4 is 16.0 Å². The van der Waals surface area contributed by atoms with Gasteiger partial charge in [0.15, 0.2) is 0 Å². The van der Waals surface area contributed by atoms with E-state index in [1.165, 1.54) is 19.3 Å². The molecule has 26 heavy (non-hydrogen) atoms. The van der Waals surface area contributed by atoms with Crippen LogP contribution in [0, 0.1) is 29.1 Å². The molecule has 4 aliphatic carbocycles. The number of hydrogen-bond donors (Lipinski definition) is 3. The first-order valence-electron chi connectivity index (χ1n) is 10.2. The van der Waals surface area contributed by atoms with Gasteiger partial charge < -0.3 is 16.0 Å². The summed E-state index contributed by atoms with van der Waals surface area (Å²) in [6.45, 7) is 4.91. The van der Waals surface area contributed by atoms with Crippen LogP contribution in [0.15, 0.2) is 0 Å². The fourth-order valence-corrected chi connectivity index (χ4v) is 5.55. The maximum Gasteiger partial charge on any atom is 0.226 e. The van der Waals surface area contributed by atoms with Crippen molar-refractivity contribution in [1.29, 1.82) is 0 Å². The lowest BCUT2D eigenvalue weighted by atomic mass is 9.49. The Morgan fingerprint density at radius 2 is 1.38 bits per heavy atom. The van der Waals surface area contributed by atoms with Gasteiger partial charge in [0, 0.05) is 37.4 Å². The Hall–Kier alpha value is -1.59. The van der Waals surface area contributed by atoms with Crippen LogP contribution >= 0.6 is 0 Å². The summed E-state index contributed by atoms with van der Waals surface area (Å²) < 4.78 is 0. The molecule has 6 nitrogen and oxygen atoms in total. The summed E-state index contributed by atoms with van der Waals surface area (Å²) in [5.41, 5.74) is -0.146. The summed E-state index contributed by atoms with van der Waals surface area (Å²) in [4.78, 5) is 36.1. The van der Waals surface area contributed by atoms with Gasteiger partial charge in [0.05, 0.1) is 0 Å². The van der Waals surface area contributed by atoms with Crippen molar-refractivity contribution >= 4 is 17.7 Å². The van der Waals surface area contributed by atoms with Crippen LogP contribution in [0.2, 0.25) is 0 Å². The van der Waals surface area contributed by atoms with Crippen molar-refractivity contribution in [3.8, 4) is 0 Å². The smallest absolute Gasteiger partial charge is 0.226 e. The third kappa shape index (κ3) is 4.38. The fourth-order valence-electron chi connectivity index (χ4n) is 5.55. The van der Waals surface area contributed by atoms with E-state index < -0.39 is 0 Å². The molecule has 6 heteroatoms. The van der Waals surface area contributed by atoms with Crippen molar-refractivity contribution in [2.45, 2.75) is 58.8 Å². The van der Waals surface area contributed by atoms with Crippen LogP contribution in [0.5, 0.6) is 0 Å². The third-order valence-electron chi connectivity index (χ3n) is 6.43. The molecule has 0 heterocycles. The second-order valence-corrected chi connectivity index (χ2v) is 9.00. The summed E-state index contributed by atoms with van der Waals surface area (Å²) in [5.74, 6) is 2.26. The average Bonchev–Trinajstić information content (AvgIpc) is 2.57. The molecule has 4 aliphatic rings. The highest BCUT2D eigenvalue weighted by atomic mass is 16.2. The maximum atomic E-state index is 12.8. The Bertz CT molecular complexity index is 523. The molecule has 0 unspecified atom stereocenters. The van der Waals surface area contributed by atoms with Crippen LogP contribution in [-0.2, 0) is 14.4 Å². The van der Waals surface area contributed by atoms with Gasteiger partial charge in [0.25, 0.3) is 0 Å². The number of hydrogen-bond acceptors (Lipinski definition) is 3. The maximum absolute atomic E-state index is 12.8. The van der Waals surface area contributed by atoms with Gasteiger partial charge in [-0.05, 0) is 56.3 Å². The summed E-state index contributed by atoms with van der Waals surface area (Å²) >= 11 is 0. The van der Waals surface area contributed by atoms with E-state index in [0.29, 0.717) is 19.6 Å². The SMILES string of the molecule is CC(C)C(=O)NCCNC(=O)CCNC(=O)C12CC3CC(CC(C3)C1)C2. The predicted molar refractivity (Wildman–Crippen MR) is 99.1 cm³/mol. The van der Waals surface area contributed by atoms with E-state index in [1.807, 2.05) is 13.8 Å². The summed E-state index contributed by atoms with van der Waals surface area (Å²) in [6, 6.07) is 0. The molecular weight excluding hydrogens is 330 g/mol. The first kappa shape index (κ1) is 19.2. The van der Waals surface area contributed by atoms with E-state index >= 15 is 0 Å². The van der Waals surface area contributed by atoms with Gasteiger partial charge in [-0.2, -0.15) is 0 Å². The Morgan fingerprint density at radius 3 is 1.92 bits per heavy atom. The molecule has 3 amide bonds. The zero-order valence-electron chi connectivity index (χ0n) is 16.1. The normalized spacial score (nSPS) is 31.7. The van der Waals surface area contributed by atoms with Crippen LogP contribution in [0.25, 0.3) is 0 Å². The zero-order valence-corrected chi connectivity index (χ0v) is 16.1. The highest BCUT2D eigenvalue weighted by molar-refractivity contribution is 5.84. The van der Waals surface area contributed by atoms with Gasteiger partial charge >= 0.3 is 0 Å². The number of rotatable bonds is 8. The van der Waals surface area contributed by atoms with Gasteiger partial charge in [-0.3, -0.25) is 14.4 Å². The molecular formula is C20H33N3O3. The molecule has 0 aliphatic heterocycles. The summed E-state index contributed by atoms with van der Waals surface area (Å²) in [6.07, 6.45) is 7.40. The topological polar surface area (TPSA) is 87.3 Å². The zero-order chi connectivity index (χ0) is 18.7. The van der Waals surface area contributed by atoms with Gasteiger partial charge in [0.1, 0.15) is 0 Å². The van der Waals surface area contributed by atoms with E-state index in [1.54, 1.807) is 0 Å². The van der Waals surface area contributed by atoms with Gasteiger partial charge in [-0.15, -0.1) is 0 Å². The molecule has 4 bridgehead atoms. The van der Waals surface area contributed by atoms with E-state index in [-0.39, 0.29) is 35.5 Å². The number of carbonyl (C=O) groups is 3. The van der Waals surface area contributed by atoms with Crippen molar-refractivity contribution < 1.29 is 14.4 Å². The van der Waals surface area contributed by atoms with Crippen molar-refractivity contribution in [1.82, 2.24) is 16.0 Å². The molecule has 0 radical (unpaired) electrons. The minimum atomic E-state index is -0.146. The second-order valence-electron chi connectivity index (χ2n) is 9.00. The second kappa shape index (κ2) is 7.97. The van der Waals surface area contributed by atoms with Gasteiger partial charge in [-0.1, -0.05) is 13.8 Å². The van der Waals surface area contributed by atoms with E-state index in [2.05, 4.69) is 16.0 Å². The average molecular weight is 364 g/mol. The molecule has 0 saturated heterocycles. The number of nitrogens with one attached hydrogen (secondary N) is 3. The van der Waals surface area contributed by atoms with Crippen molar-refractivity contribution in [3.05, 3.63) is 0 Å². The molecule has 0 aromatic heterocycles. The lowest BCUT2D eigenvalue weighted by Crippen LogP contribution is -2.53. The lowest BCUT2D eigenvalue weighted by molar-refractivity contribution is -0.146. The molecule has 4 fully saturated rings. The highest BCUT2D eigenvalue weighted by Crippen LogP contribution is 2.60. The molecule has 4 rings (SSSR count). The molecule has 146 valence electrons. The largest absolute Gasteiger partial charge is 0.355 e. The highest BCUT2D eigenvalue weighted by Gasteiger charge is 2.54. The minimum Gasteiger partial charge on any atom is -0.355 e. The van der Waals surface area contributed by atoms with Crippen LogP contribution in [0.4, 0.5) is 0 Å². The van der Waals surface area contributed by atoms with Crippen LogP contribution in [0.1, 0.15) is 58.8 Å². The van der Waals surface area contributed by atoms with E-state index in [4.69, 9.17) is 0 Å². The van der Waals surface area contributed by atoms with Crippen LogP contribution in [-0.4, -0.2) is 37.4 Å². The Morgan fingerprint density at radius 1 is 0.846 bits per heavy atom. The minimum absolute atomic E-state index is 0.0120. The first-order valence-corrected chi connectivity index (χ1v) is 10.2. The molecule has 0 aromatic carbocycles. The standard InChI is InChI=1S/C20H33N3O3/c1-13(2)18(25)22-6-5-21-17(24)3-4-23-19(26)20-10-14-7-15(11-20)9-16(8-14)12-20/h13-16H,3-12H2,1-2H3,(H,21,24)(H,22,25)(H,23,26). The van der Waals surface area contributed by atoms with Crippen molar-refractivity contribution in [3.63, 3.8) is 0 Å². The predicted octanol–water partition coefficient (Wildman–Crippen LogP) is 1.60. The van der Waals surface area contributed by atoms with Crippen molar-refractivity contribution in [2.24, 2.45) is 29.1 Å². The molecule has 0 atom stereocenters. The monoisotopic (exact) mass is 363 g/mol. The number of carbonyl (C=O) groups excluding carboxylic acids is 3. The fraction of sp³-hybridized carbons (Fsp3) is 0.850. The molecule has 0 aromatic rings. The Balaban J connectivity index is 1.33. The Kier molecular flexibility index (Phi) is 5.88. The van der Waals surface area contributed by atoms with Crippen molar-refractivity contribution in [2.75, 3.05) is 19.6 Å². The summed E-state index contributed by atoms with van der Waals surface area (Å²) in [7, 11) is 0. The number of amides is 3. The molecule has 3 N–H and O–H groups in total. The summed E-state index contributed by atoms with van der Waals surface area (Å²) in [5, 5.41) is 8.57. The third-order valence-corrected chi connectivity index (χ3v) is 6.43. The first-order chi connectivity index (χ1) is 12.4. The Labute approximate surface area is 156 Å². The van der Waals surface area contributed by atoms with E-state index in [9.17, 15) is 14.4 Å². The molecule has 0 spiro atoms. The quantitative estimate of drug-likeness (QED) is 0.573. The molecule has 4 saturated carbocycles. The van der Waals surface area contributed by atoms with Crippen LogP contribution in [0.3, 0.4) is 0 Å².